The van der Waals surface area contributed by atoms with Gasteiger partial charge in [-0.05, 0) is 53.9 Å². The van der Waals surface area contributed by atoms with Crippen LogP contribution in [-0.2, 0) is 17.8 Å². The number of H-pyrrole nitrogens is 1. The number of rotatable bonds is 6. The fraction of sp³-hybridized carbons (Fsp3) is 0.290. The van der Waals surface area contributed by atoms with Crippen molar-refractivity contribution < 1.29 is 18.8 Å². The fourth-order valence-corrected chi connectivity index (χ4v) is 4.50. The molecule has 1 aliphatic rings. The average Bonchev–Trinajstić information content (AvgIpc) is 3.47. The summed E-state index contributed by atoms with van der Waals surface area (Å²) in [6, 6.07) is 17.0. The molecule has 0 unspecified atom stereocenters. The first kappa shape index (κ1) is 30.0. The molecule has 0 radical (unpaired) electrons. The number of Topliss-reactive ketones (excluding diaryl/α,β-unsaturated/α-hetero) is 1. The van der Waals surface area contributed by atoms with Crippen LogP contribution in [-0.4, -0.2) is 46.3 Å². The van der Waals surface area contributed by atoms with E-state index >= 15 is 0 Å². The predicted molar refractivity (Wildman–Crippen MR) is 154 cm³/mol. The molecule has 210 valence electrons. The molecule has 8 nitrogen and oxygen atoms in total. The van der Waals surface area contributed by atoms with Crippen LogP contribution in [0.25, 0.3) is 0 Å². The second kappa shape index (κ2) is 13.0. The van der Waals surface area contributed by atoms with Crippen LogP contribution in [0.15, 0.2) is 83.1 Å². The Labute approximate surface area is 234 Å². The molecule has 1 fully saturated rings. The normalized spacial score (nSPS) is 16.6. The Morgan fingerprint density at radius 3 is 2.30 bits per heavy atom. The molecule has 0 saturated carbocycles. The minimum Gasteiger partial charge on any atom is -0.396 e. The number of benzene rings is 2. The van der Waals surface area contributed by atoms with Gasteiger partial charge in [0.15, 0.2) is 5.78 Å². The highest BCUT2D eigenvalue weighted by molar-refractivity contribution is 6.12. The lowest BCUT2D eigenvalue weighted by Crippen LogP contribution is -2.51. The standard InChI is InChI=1S/C22H25FN4O2.C9H11NO/c1-14(28)19(24)17-12-27(21(29)18-5-4-10-25-18)13-22(2,3)20(17)26-11-15-6-8-16(23)9-7-15;1-2-7-4-3-5-8(6-7)9(10)11/h4-10,25H,11-13,24H2,1-3H3;3-6H,2H2,1H3,(H2,10,11)/b19-17-,26-20?;. The summed E-state index contributed by atoms with van der Waals surface area (Å²) < 4.78 is 13.2. The van der Waals surface area contributed by atoms with Gasteiger partial charge in [0, 0.05) is 41.9 Å². The molecular weight excluding hydrogens is 509 g/mol. The predicted octanol–water partition coefficient (Wildman–Crippen LogP) is 4.43. The number of amides is 2. The van der Waals surface area contributed by atoms with Crippen molar-refractivity contribution >= 4 is 23.3 Å². The summed E-state index contributed by atoms with van der Waals surface area (Å²) in [5.74, 6) is -1.09. The Kier molecular flexibility index (Phi) is 9.77. The van der Waals surface area contributed by atoms with Crippen molar-refractivity contribution in [2.75, 3.05) is 13.1 Å². The van der Waals surface area contributed by atoms with E-state index in [1.54, 1.807) is 41.4 Å². The SMILES string of the molecule is CC(=O)/C(N)=C1\CN(C(=O)c2ccc[nH]2)CC(C)(C)C1=NCc1ccc(F)cc1.CCc1cccc(C(N)=O)c1. The number of primary amides is 1. The fourth-order valence-electron chi connectivity index (χ4n) is 4.50. The number of carbonyl (C=O) groups is 3. The smallest absolute Gasteiger partial charge is 0.270 e. The van der Waals surface area contributed by atoms with Crippen LogP contribution in [0.3, 0.4) is 0 Å². The highest BCUT2D eigenvalue weighted by atomic mass is 19.1. The Hall–Kier alpha value is -4.53. The average molecular weight is 546 g/mol. The highest BCUT2D eigenvalue weighted by Gasteiger charge is 2.39. The minimum absolute atomic E-state index is 0.111. The first-order valence-corrected chi connectivity index (χ1v) is 13.0. The summed E-state index contributed by atoms with van der Waals surface area (Å²) in [5.41, 5.74) is 15.1. The molecule has 0 bridgehead atoms. The number of aryl methyl sites for hydroxylation is 1. The summed E-state index contributed by atoms with van der Waals surface area (Å²) in [6.45, 7) is 8.35. The number of carbonyl (C=O) groups excluding carboxylic acids is 3. The van der Waals surface area contributed by atoms with Crippen LogP contribution in [0.2, 0.25) is 0 Å². The van der Waals surface area contributed by atoms with Gasteiger partial charge in [-0.15, -0.1) is 0 Å². The number of nitrogens with zero attached hydrogens (tertiary/aromatic N) is 2. The Balaban J connectivity index is 0.000000336. The highest BCUT2D eigenvalue weighted by Crippen LogP contribution is 2.32. The summed E-state index contributed by atoms with van der Waals surface area (Å²) in [7, 11) is 0. The molecule has 1 aromatic heterocycles. The van der Waals surface area contributed by atoms with Gasteiger partial charge in [0.05, 0.1) is 18.8 Å². The number of aliphatic imine (C=N–C) groups is 1. The largest absolute Gasteiger partial charge is 0.396 e. The number of allylic oxidation sites excluding steroid dienone is 1. The van der Waals surface area contributed by atoms with Gasteiger partial charge in [-0.25, -0.2) is 4.39 Å². The molecule has 0 atom stereocenters. The summed E-state index contributed by atoms with van der Waals surface area (Å²) in [4.78, 5) is 44.9. The van der Waals surface area contributed by atoms with E-state index in [0.29, 0.717) is 35.6 Å². The lowest BCUT2D eigenvalue weighted by atomic mass is 9.78. The van der Waals surface area contributed by atoms with Crippen molar-refractivity contribution in [1.82, 2.24) is 9.88 Å². The van der Waals surface area contributed by atoms with Crippen LogP contribution in [0.1, 0.15) is 59.7 Å². The number of halogens is 1. The van der Waals surface area contributed by atoms with E-state index in [2.05, 4.69) is 4.98 Å². The summed E-state index contributed by atoms with van der Waals surface area (Å²) >= 11 is 0. The van der Waals surface area contributed by atoms with Gasteiger partial charge in [0.1, 0.15) is 11.5 Å². The first-order valence-electron chi connectivity index (χ1n) is 13.0. The molecule has 2 amide bonds. The van der Waals surface area contributed by atoms with E-state index in [1.807, 2.05) is 39.0 Å². The second-order valence-electron chi connectivity index (χ2n) is 10.3. The van der Waals surface area contributed by atoms with Crippen molar-refractivity contribution in [1.29, 1.82) is 0 Å². The number of piperidine rings is 1. The molecule has 2 aromatic carbocycles. The Morgan fingerprint density at radius 2 is 1.73 bits per heavy atom. The van der Waals surface area contributed by atoms with Crippen molar-refractivity contribution in [2.45, 2.75) is 40.7 Å². The molecule has 40 heavy (non-hydrogen) atoms. The number of likely N-dealkylation sites (tertiary alicyclic amines) is 1. The van der Waals surface area contributed by atoms with E-state index in [0.717, 1.165) is 17.5 Å². The van der Waals surface area contributed by atoms with Gasteiger partial charge >= 0.3 is 0 Å². The number of aromatic amines is 1. The van der Waals surface area contributed by atoms with Crippen molar-refractivity contribution in [2.24, 2.45) is 21.9 Å². The number of nitrogens with one attached hydrogen (secondary N) is 1. The van der Waals surface area contributed by atoms with Crippen molar-refractivity contribution in [3.63, 3.8) is 0 Å². The summed E-state index contributed by atoms with van der Waals surface area (Å²) in [5, 5.41) is 0. The third kappa shape index (κ3) is 7.53. The van der Waals surface area contributed by atoms with Gasteiger partial charge < -0.3 is 21.4 Å². The van der Waals surface area contributed by atoms with Gasteiger partial charge in [-0.2, -0.15) is 0 Å². The molecule has 4 rings (SSSR count). The quantitative estimate of drug-likeness (QED) is 0.395. The number of nitrogens with two attached hydrogens (primary N) is 2. The van der Waals surface area contributed by atoms with Crippen LogP contribution in [0.4, 0.5) is 4.39 Å². The summed E-state index contributed by atoms with van der Waals surface area (Å²) in [6.07, 6.45) is 2.62. The zero-order valence-electron chi connectivity index (χ0n) is 23.3. The Morgan fingerprint density at radius 1 is 1.02 bits per heavy atom. The van der Waals surface area contributed by atoms with E-state index in [1.165, 1.54) is 19.1 Å². The Bertz CT molecular complexity index is 1420. The topological polar surface area (TPSA) is 135 Å². The van der Waals surface area contributed by atoms with Crippen LogP contribution in [0, 0.1) is 11.2 Å². The van der Waals surface area contributed by atoms with Crippen LogP contribution in [0.5, 0.6) is 0 Å². The maximum Gasteiger partial charge on any atom is 0.270 e. The van der Waals surface area contributed by atoms with Gasteiger partial charge in [-0.3, -0.25) is 19.4 Å². The third-order valence-electron chi connectivity index (χ3n) is 6.63. The lowest BCUT2D eigenvalue weighted by Gasteiger charge is -2.41. The number of ketones is 1. The zero-order chi connectivity index (χ0) is 29.4. The molecule has 1 saturated heterocycles. The van der Waals surface area contributed by atoms with Gasteiger partial charge in [0.25, 0.3) is 5.91 Å². The molecule has 0 spiro atoms. The number of hydrogen-bond acceptors (Lipinski definition) is 5. The maximum absolute atomic E-state index is 13.2. The molecule has 0 aliphatic carbocycles. The van der Waals surface area contributed by atoms with E-state index in [4.69, 9.17) is 16.5 Å². The molecule has 9 heteroatoms. The lowest BCUT2D eigenvalue weighted by molar-refractivity contribution is -0.113. The van der Waals surface area contributed by atoms with Gasteiger partial charge in [0.2, 0.25) is 5.91 Å². The van der Waals surface area contributed by atoms with Crippen LogP contribution < -0.4 is 11.5 Å². The van der Waals surface area contributed by atoms with Crippen molar-refractivity contribution in [3.8, 4) is 0 Å². The second-order valence-corrected chi connectivity index (χ2v) is 10.3. The van der Waals surface area contributed by atoms with Crippen molar-refractivity contribution in [3.05, 3.63) is 106 Å². The maximum atomic E-state index is 13.2. The molecule has 5 N–H and O–H groups in total. The minimum atomic E-state index is -0.518. The first-order chi connectivity index (χ1) is 18.9. The monoisotopic (exact) mass is 545 g/mol. The molecular formula is C31H36FN5O3. The molecule has 3 aromatic rings. The number of aromatic nitrogens is 1. The van der Waals surface area contributed by atoms with E-state index in [9.17, 15) is 18.8 Å². The molecule has 1 aliphatic heterocycles. The third-order valence-corrected chi connectivity index (χ3v) is 6.63. The zero-order valence-corrected chi connectivity index (χ0v) is 23.3. The van der Waals surface area contributed by atoms with Gasteiger partial charge in [-0.1, -0.05) is 45.0 Å². The molecule has 2 heterocycles. The van der Waals surface area contributed by atoms with E-state index < -0.39 is 5.41 Å². The number of hydrogen-bond donors (Lipinski definition) is 3. The van der Waals surface area contributed by atoms with E-state index in [-0.39, 0.29) is 35.7 Å². The van der Waals surface area contributed by atoms with Crippen LogP contribution >= 0.6 is 0 Å².